The molecule has 2 saturated heterocycles. The average molecular weight is 394 g/mol. The second kappa shape index (κ2) is 8.69. The summed E-state index contributed by atoms with van der Waals surface area (Å²) >= 11 is 0. The summed E-state index contributed by atoms with van der Waals surface area (Å²) in [7, 11) is 0. The van der Waals surface area contributed by atoms with Crippen molar-refractivity contribution in [2.24, 2.45) is 16.6 Å². The fourth-order valence-electron chi connectivity index (χ4n) is 2.89. The van der Waals surface area contributed by atoms with Crippen LogP contribution in [0, 0.1) is 5.92 Å². The van der Waals surface area contributed by atoms with Crippen molar-refractivity contribution in [3.63, 3.8) is 0 Å². The molecule has 0 spiro atoms. The van der Waals surface area contributed by atoms with Crippen molar-refractivity contribution in [2.45, 2.75) is 39.0 Å². The first kappa shape index (κ1) is 17.5. The molecule has 0 saturated carbocycles. The Morgan fingerprint density at radius 2 is 2.20 bits per heavy atom. The number of amides is 1. The zero-order valence-electron chi connectivity index (χ0n) is 12.4. The number of piperidine rings is 1. The molecule has 5 nitrogen and oxygen atoms in total. The van der Waals surface area contributed by atoms with Crippen molar-refractivity contribution in [2.75, 3.05) is 32.7 Å². The summed E-state index contributed by atoms with van der Waals surface area (Å²) < 4.78 is 0. The number of likely N-dealkylation sites (tertiary alicyclic amines) is 2. The van der Waals surface area contributed by atoms with Crippen molar-refractivity contribution >= 4 is 35.8 Å². The van der Waals surface area contributed by atoms with Gasteiger partial charge in [0.1, 0.15) is 0 Å². The van der Waals surface area contributed by atoms with Crippen LogP contribution in [0.15, 0.2) is 4.99 Å². The molecule has 1 unspecified atom stereocenters. The van der Waals surface area contributed by atoms with Crippen molar-refractivity contribution in [3.8, 4) is 0 Å². The maximum atomic E-state index is 11.4. The van der Waals surface area contributed by atoms with E-state index in [9.17, 15) is 4.79 Å². The zero-order chi connectivity index (χ0) is 13.7. The van der Waals surface area contributed by atoms with Gasteiger partial charge in [0, 0.05) is 39.1 Å². The van der Waals surface area contributed by atoms with Gasteiger partial charge in [-0.3, -0.25) is 9.79 Å². The van der Waals surface area contributed by atoms with Gasteiger partial charge in [0.25, 0.3) is 0 Å². The molecule has 2 rings (SSSR count). The molecule has 0 bridgehead atoms. The fraction of sp³-hybridized carbons (Fsp3) is 0.857. The SMILES string of the molecule is CC1CCCN(C(N)=NCCCN2CCCC2=O)C1.I. The first-order chi connectivity index (χ1) is 9.16. The number of guanidine groups is 1. The number of halogens is 1. The van der Waals surface area contributed by atoms with E-state index in [0.717, 1.165) is 52.0 Å². The van der Waals surface area contributed by atoms with Crippen molar-refractivity contribution < 1.29 is 4.79 Å². The zero-order valence-corrected chi connectivity index (χ0v) is 14.7. The Morgan fingerprint density at radius 3 is 2.85 bits per heavy atom. The maximum Gasteiger partial charge on any atom is 0.222 e. The molecule has 1 atom stereocenters. The van der Waals surface area contributed by atoms with Crippen LogP contribution in [0.4, 0.5) is 0 Å². The van der Waals surface area contributed by atoms with Crippen LogP contribution in [-0.4, -0.2) is 54.4 Å². The van der Waals surface area contributed by atoms with E-state index in [4.69, 9.17) is 5.73 Å². The Bertz CT molecular complexity index is 348. The molecule has 0 aromatic carbocycles. The number of nitrogens with two attached hydrogens (primary N) is 1. The minimum Gasteiger partial charge on any atom is -0.370 e. The lowest BCUT2D eigenvalue weighted by molar-refractivity contribution is -0.127. The van der Waals surface area contributed by atoms with Crippen LogP contribution in [-0.2, 0) is 4.79 Å². The lowest BCUT2D eigenvalue weighted by atomic mass is 10.0. The van der Waals surface area contributed by atoms with Gasteiger partial charge >= 0.3 is 0 Å². The number of rotatable bonds is 4. The highest BCUT2D eigenvalue weighted by Gasteiger charge is 2.19. The van der Waals surface area contributed by atoms with E-state index < -0.39 is 0 Å². The topological polar surface area (TPSA) is 61.9 Å². The van der Waals surface area contributed by atoms with Gasteiger partial charge in [-0.25, -0.2) is 0 Å². The van der Waals surface area contributed by atoms with Gasteiger partial charge < -0.3 is 15.5 Å². The number of hydrogen-bond acceptors (Lipinski definition) is 2. The van der Waals surface area contributed by atoms with Gasteiger partial charge in [0.05, 0.1) is 0 Å². The smallest absolute Gasteiger partial charge is 0.222 e. The lowest BCUT2D eigenvalue weighted by Crippen LogP contribution is -2.43. The lowest BCUT2D eigenvalue weighted by Gasteiger charge is -2.31. The monoisotopic (exact) mass is 394 g/mol. The summed E-state index contributed by atoms with van der Waals surface area (Å²) in [5.74, 6) is 1.69. The summed E-state index contributed by atoms with van der Waals surface area (Å²) in [6, 6.07) is 0. The maximum absolute atomic E-state index is 11.4. The van der Waals surface area contributed by atoms with Crippen LogP contribution >= 0.6 is 24.0 Å². The Hall–Kier alpha value is -0.530. The minimum absolute atomic E-state index is 0. The molecule has 0 radical (unpaired) electrons. The Labute approximate surface area is 139 Å². The number of carbonyl (C=O) groups is 1. The third-order valence-electron chi connectivity index (χ3n) is 4.01. The average Bonchev–Trinajstić information content (AvgIpc) is 2.80. The number of hydrogen-bond donors (Lipinski definition) is 1. The highest BCUT2D eigenvalue weighted by atomic mass is 127. The Kier molecular flexibility index (Phi) is 7.61. The van der Waals surface area contributed by atoms with Gasteiger partial charge in [0.15, 0.2) is 5.96 Å². The van der Waals surface area contributed by atoms with Gasteiger partial charge in [-0.2, -0.15) is 0 Å². The van der Waals surface area contributed by atoms with Crippen molar-refractivity contribution in [3.05, 3.63) is 0 Å². The van der Waals surface area contributed by atoms with E-state index in [2.05, 4.69) is 16.8 Å². The van der Waals surface area contributed by atoms with E-state index in [1.807, 2.05) is 4.90 Å². The standard InChI is InChI=1S/C14H26N4O.HI/c1-12-5-2-9-18(11-12)14(15)16-7-4-10-17-8-3-6-13(17)19;/h12H,2-11H2,1H3,(H2,15,16);1H. The molecule has 2 N–H and O–H groups in total. The predicted molar refractivity (Wildman–Crippen MR) is 92.3 cm³/mol. The minimum atomic E-state index is 0. The van der Waals surface area contributed by atoms with Gasteiger partial charge in [0.2, 0.25) is 5.91 Å². The van der Waals surface area contributed by atoms with Gasteiger partial charge in [-0.15, -0.1) is 24.0 Å². The predicted octanol–water partition coefficient (Wildman–Crippen LogP) is 1.66. The van der Waals surface area contributed by atoms with Crippen molar-refractivity contribution in [1.82, 2.24) is 9.80 Å². The fourth-order valence-corrected chi connectivity index (χ4v) is 2.89. The molecule has 0 aromatic heterocycles. The number of aliphatic imine (C=N–C) groups is 1. The molecule has 1 amide bonds. The molecular weight excluding hydrogens is 367 g/mol. The Balaban J connectivity index is 0.00000200. The molecule has 20 heavy (non-hydrogen) atoms. The van der Waals surface area contributed by atoms with E-state index in [-0.39, 0.29) is 24.0 Å². The largest absolute Gasteiger partial charge is 0.370 e. The highest BCUT2D eigenvalue weighted by molar-refractivity contribution is 14.0. The molecule has 6 heteroatoms. The summed E-state index contributed by atoms with van der Waals surface area (Å²) in [6.45, 7) is 6.79. The molecule has 2 aliphatic rings. The van der Waals surface area contributed by atoms with Crippen LogP contribution in [0.5, 0.6) is 0 Å². The summed E-state index contributed by atoms with van der Waals surface area (Å²) in [6.07, 6.45) is 5.14. The summed E-state index contributed by atoms with van der Waals surface area (Å²) in [5.41, 5.74) is 6.03. The van der Waals surface area contributed by atoms with Crippen LogP contribution in [0.25, 0.3) is 0 Å². The normalized spacial score (nSPS) is 23.9. The van der Waals surface area contributed by atoms with Crippen molar-refractivity contribution in [1.29, 1.82) is 0 Å². The third kappa shape index (κ3) is 5.10. The highest BCUT2D eigenvalue weighted by Crippen LogP contribution is 2.15. The molecular formula is C14H27IN4O. The summed E-state index contributed by atoms with van der Waals surface area (Å²) in [4.78, 5) is 20.0. The molecule has 0 aliphatic carbocycles. The third-order valence-corrected chi connectivity index (χ3v) is 4.01. The first-order valence-corrected chi connectivity index (χ1v) is 7.49. The van der Waals surface area contributed by atoms with Gasteiger partial charge in [-0.1, -0.05) is 6.92 Å². The van der Waals surface area contributed by atoms with Crippen LogP contribution in [0.2, 0.25) is 0 Å². The van der Waals surface area contributed by atoms with Crippen LogP contribution in [0.1, 0.15) is 39.0 Å². The molecule has 2 fully saturated rings. The first-order valence-electron chi connectivity index (χ1n) is 7.49. The summed E-state index contributed by atoms with van der Waals surface area (Å²) in [5, 5.41) is 0. The molecule has 2 heterocycles. The van der Waals surface area contributed by atoms with E-state index in [1.165, 1.54) is 12.8 Å². The van der Waals surface area contributed by atoms with E-state index in [1.54, 1.807) is 0 Å². The molecule has 2 aliphatic heterocycles. The van der Waals surface area contributed by atoms with Gasteiger partial charge in [-0.05, 0) is 31.6 Å². The quantitative estimate of drug-likeness (QED) is 0.342. The second-order valence-electron chi connectivity index (χ2n) is 5.77. The molecule has 0 aromatic rings. The Morgan fingerprint density at radius 1 is 1.40 bits per heavy atom. The van der Waals surface area contributed by atoms with Crippen LogP contribution in [0.3, 0.4) is 0 Å². The van der Waals surface area contributed by atoms with Crippen LogP contribution < -0.4 is 5.73 Å². The van der Waals surface area contributed by atoms with E-state index >= 15 is 0 Å². The van der Waals surface area contributed by atoms with E-state index in [0.29, 0.717) is 17.8 Å². The number of carbonyl (C=O) groups excluding carboxylic acids is 1. The second-order valence-corrected chi connectivity index (χ2v) is 5.77. The molecule has 116 valence electrons. The number of nitrogens with zero attached hydrogens (tertiary/aromatic N) is 3.